The number of fused-ring (bicyclic) bond motifs is 2. The van der Waals surface area contributed by atoms with Gasteiger partial charge in [-0.15, -0.1) is 0 Å². The van der Waals surface area contributed by atoms with E-state index < -0.39 is 0 Å². The van der Waals surface area contributed by atoms with Gasteiger partial charge in [-0.25, -0.2) is 0 Å². The second kappa shape index (κ2) is 5.09. The molecule has 3 aromatic carbocycles. The topological polar surface area (TPSA) is 0 Å². The molecule has 21 heavy (non-hydrogen) atoms. The lowest BCUT2D eigenvalue weighted by atomic mass is 10.0. The lowest BCUT2D eigenvalue weighted by Crippen LogP contribution is -2.15. The average molecular weight is 289 g/mol. The van der Waals surface area contributed by atoms with E-state index in [1.807, 2.05) is 0 Å². The molecular weight excluding hydrogens is 272 g/mol. The first-order chi connectivity index (χ1) is 10.3. The molecule has 1 aliphatic heterocycles. The molecule has 0 aliphatic carbocycles. The zero-order valence-electron chi connectivity index (χ0n) is 12.0. The van der Waals surface area contributed by atoms with Crippen molar-refractivity contribution in [2.75, 3.05) is 0 Å². The maximum absolute atomic E-state index is 2.30. The van der Waals surface area contributed by atoms with Crippen molar-refractivity contribution in [3.8, 4) is 0 Å². The summed E-state index contributed by atoms with van der Waals surface area (Å²) in [5.41, 5.74) is 4.26. The van der Waals surface area contributed by atoms with E-state index in [0.717, 1.165) is 6.42 Å². The molecule has 4 rings (SSSR count). The van der Waals surface area contributed by atoms with E-state index in [4.69, 9.17) is 0 Å². The lowest BCUT2D eigenvalue weighted by Gasteiger charge is -2.19. The van der Waals surface area contributed by atoms with Crippen LogP contribution in [0.25, 0.3) is 0 Å². The highest BCUT2D eigenvalue weighted by molar-refractivity contribution is 7.97. The maximum atomic E-state index is 2.30. The van der Waals surface area contributed by atoms with E-state index >= 15 is 0 Å². The first-order valence-corrected chi connectivity index (χ1v) is 8.52. The van der Waals surface area contributed by atoms with Gasteiger partial charge in [-0.2, -0.15) is 0 Å². The van der Waals surface area contributed by atoms with E-state index in [9.17, 15) is 0 Å². The molecule has 0 atom stereocenters. The van der Waals surface area contributed by atoms with Gasteiger partial charge in [0.1, 0.15) is 0 Å². The molecule has 0 amide bonds. The van der Waals surface area contributed by atoms with E-state index in [1.54, 1.807) is 0 Å². The fourth-order valence-corrected chi connectivity index (χ4v) is 5.34. The minimum absolute atomic E-state index is 0.0338. The molecule has 3 aromatic rings. The minimum atomic E-state index is 0.0338. The van der Waals surface area contributed by atoms with E-state index in [-0.39, 0.29) is 10.9 Å². The molecular formula is C20H17S+. The summed E-state index contributed by atoms with van der Waals surface area (Å²) in [5.74, 6) is 0. The normalized spacial score (nSPS) is 13.6. The van der Waals surface area contributed by atoms with Gasteiger partial charge < -0.3 is 0 Å². The second-order valence-corrected chi connectivity index (χ2v) is 7.47. The molecule has 1 aliphatic rings. The number of hydrogen-bond acceptors (Lipinski definition) is 0. The Labute approximate surface area is 128 Å². The summed E-state index contributed by atoms with van der Waals surface area (Å²) >= 11 is 0. The van der Waals surface area contributed by atoms with Gasteiger partial charge in [0.25, 0.3) is 0 Å². The number of aryl methyl sites for hydroxylation is 1. The fourth-order valence-electron chi connectivity index (χ4n) is 2.95. The van der Waals surface area contributed by atoms with Crippen LogP contribution < -0.4 is 0 Å². The lowest BCUT2D eigenvalue weighted by molar-refractivity contribution is 1.04. The van der Waals surface area contributed by atoms with Crippen molar-refractivity contribution in [3.63, 3.8) is 0 Å². The highest BCUT2D eigenvalue weighted by Gasteiger charge is 2.36. The Morgan fingerprint density at radius 1 is 0.667 bits per heavy atom. The molecule has 0 spiro atoms. The highest BCUT2D eigenvalue weighted by atomic mass is 32.2. The molecule has 0 bridgehead atoms. The Balaban J connectivity index is 1.95. The minimum Gasteiger partial charge on any atom is -0.0616 e. The largest absolute Gasteiger partial charge is 0.170 e. The number of hydrogen-bond donors (Lipinski definition) is 0. The molecule has 0 fully saturated rings. The summed E-state index contributed by atoms with van der Waals surface area (Å²) in [6.45, 7) is 2.15. The maximum Gasteiger partial charge on any atom is 0.170 e. The monoisotopic (exact) mass is 289 g/mol. The molecule has 0 unspecified atom stereocenters. The molecule has 0 N–H and O–H groups in total. The molecule has 1 heteroatoms. The Hall–Kier alpha value is -1.99. The number of benzene rings is 3. The van der Waals surface area contributed by atoms with E-state index in [2.05, 4.69) is 79.7 Å². The summed E-state index contributed by atoms with van der Waals surface area (Å²) in [7, 11) is 0.0338. The number of rotatable bonds is 1. The van der Waals surface area contributed by atoms with Gasteiger partial charge in [0.2, 0.25) is 0 Å². The van der Waals surface area contributed by atoms with Crippen LogP contribution in [0.5, 0.6) is 0 Å². The van der Waals surface area contributed by atoms with Crippen LogP contribution >= 0.6 is 0 Å². The Bertz CT molecular complexity index is 741. The van der Waals surface area contributed by atoms with Gasteiger partial charge in [-0.1, -0.05) is 54.1 Å². The van der Waals surface area contributed by atoms with Crippen LogP contribution in [0.1, 0.15) is 16.7 Å². The molecule has 0 aromatic heterocycles. The van der Waals surface area contributed by atoms with Crippen molar-refractivity contribution in [3.05, 3.63) is 89.5 Å². The summed E-state index contributed by atoms with van der Waals surface area (Å²) in [5, 5.41) is 0. The van der Waals surface area contributed by atoms with Crippen molar-refractivity contribution >= 4 is 10.9 Å². The van der Waals surface area contributed by atoms with Crippen LogP contribution in [-0.2, 0) is 17.3 Å². The predicted molar refractivity (Wildman–Crippen MR) is 89.0 cm³/mol. The van der Waals surface area contributed by atoms with Gasteiger partial charge in [0, 0.05) is 17.5 Å². The molecule has 1 heterocycles. The van der Waals surface area contributed by atoms with Crippen LogP contribution in [0, 0.1) is 6.92 Å². The Morgan fingerprint density at radius 3 is 1.76 bits per heavy atom. The summed E-state index contributed by atoms with van der Waals surface area (Å²) in [4.78, 5) is 4.39. The second-order valence-electron chi connectivity index (χ2n) is 5.51. The van der Waals surface area contributed by atoms with E-state index in [0.29, 0.717) is 0 Å². The first kappa shape index (κ1) is 12.7. The molecule has 0 saturated heterocycles. The third-order valence-electron chi connectivity index (χ3n) is 4.02. The van der Waals surface area contributed by atoms with Crippen LogP contribution in [0.3, 0.4) is 0 Å². The SMILES string of the molecule is Cc1ccc([S+]2c3ccccc3Cc3ccccc32)cc1. The van der Waals surface area contributed by atoms with Crippen molar-refractivity contribution in [2.45, 2.75) is 28.0 Å². The zero-order chi connectivity index (χ0) is 14.2. The third kappa shape index (κ3) is 2.18. The van der Waals surface area contributed by atoms with Gasteiger partial charge in [-0.05, 0) is 31.2 Å². The van der Waals surface area contributed by atoms with Crippen LogP contribution in [0.2, 0.25) is 0 Å². The molecule has 0 saturated carbocycles. The molecule has 0 nitrogen and oxygen atoms in total. The van der Waals surface area contributed by atoms with Gasteiger partial charge in [0.15, 0.2) is 14.7 Å². The zero-order valence-corrected chi connectivity index (χ0v) is 12.9. The van der Waals surface area contributed by atoms with Gasteiger partial charge in [-0.3, -0.25) is 0 Å². The van der Waals surface area contributed by atoms with Crippen molar-refractivity contribution < 1.29 is 0 Å². The summed E-state index contributed by atoms with van der Waals surface area (Å²) < 4.78 is 0. The van der Waals surface area contributed by atoms with Crippen LogP contribution in [0.15, 0.2) is 87.5 Å². The predicted octanol–water partition coefficient (Wildman–Crippen LogP) is 4.99. The van der Waals surface area contributed by atoms with Gasteiger partial charge >= 0.3 is 0 Å². The molecule has 102 valence electrons. The van der Waals surface area contributed by atoms with Crippen molar-refractivity contribution in [1.29, 1.82) is 0 Å². The summed E-state index contributed by atoms with van der Waals surface area (Å²) in [6.07, 6.45) is 1.06. The highest BCUT2D eigenvalue weighted by Crippen LogP contribution is 2.40. The average Bonchev–Trinajstić information content (AvgIpc) is 2.53. The van der Waals surface area contributed by atoms with Gasteiger partial charge in [0.05, 0.1) is 10.9 Å². The fraction of sp³-hybridized carbons (Fsp3) is 0.100. The van der Waals surface area contributed by atoms with Crippen molar-refractivity contribution in [1.82, 2.24) is 0 Å². The summed E-state index contributed by atoms with van der Waals surface area (Å²) in [6, 6.07) is 26.8. The quantitative estimate of drug-likeness (QED) is 0.433. The first-order valence-electron chi connectivity index (χ1n) is 7.30. The van der Waals surface area contributed by atoms with Crippen LogP contribution in [0.4, 0.5) is 0 Å². The molecule has 0 radical (unpaired) electrons. The van der Waals surface area contributed by atoms with Crippen molar-refractivity contribution in [2.24, 2.45) is 0 Å². The smallest absolute Gasteiger partial charge is 0.0616 e. The standard InChI is InChI=1S/C20H17S/c1-15-10-12-18(13-11-15)21-19-8-4-2-6-16(19)14-17-7-3-5-9-20(17)21/h2-13H,14H2,1H3/q+1. The third-order valence-corrected chi connectivity index (χ3v) is 6.44. The Morgan fingerprint density at radius 2 is 1.19 bits per heavy atom. The van der Waals surface area contributed by atoms with Crippen LogP contribution in [-0.4, -0.2) is 0 Å². The van der Waals surface area contributed by atoms with E-state index in [1.165, 1.54) is 31.4 Å². The Kier molecular flexibility index (Phi) is 3.08.